The summed E-state index contributed by atoms with van der Waals surface area (Å²) in [7, 11) is 0. The molecule has 0 fully saturated rings. The third kappa shape index (κ3) is 4.50. The molecule has 0 heterocycles. The second kappa shape index (κ2) is 5.50. The van der Waals surface area contributed by atoms with Gasteiger partial charge in [-0.1, -0.05) is 0 Å². The SMILES string of the molecule is CCCC[O][Ge]. The van der Waals surface area contributed by atoms with E-state index in [9.17, 15) is 0 Å². The summed E-state index contributed by atoms with van der Waals surface area (Å²) in [5, 5.41) is 0. The molecule has 0 N–H and O–H groups in total. The predicted octanol–water partition coefficient (Wildman–Crippen LogP) is 0.887. The summed E-state index contributed by atoms with van der Waals surface area (Å²) in [5.74, 6) is 0. The third-order valence-corrected chi connectivity index (χ3v) is 1.03. The average molecular weight is 146 g/mol. The van der Waals surface area contributed by atoms with Crippen molar-refractivity contribution in [3.05, 3.63) is 0 Å². The molecule has 0 unspecified atom stereocenters. The van der Waals surface area contributed by atoms with Crippen LogP contribution in [0.2, 0.25) is 0 Å². The minimum atomic E-state index is 0.913. The molecule has 0 amide bonds. The normalized spacial score (nSPS) is 9.00. The number of unbranched alkanes of at least 4 members (excludes halogenated alkanes) is 1. The molecule has 6 heavy (non-hydrogen) atoms. The maximum absolute atomic E-state index is 4.78. The molecule has 0 rings (SSSR count). The topological polar surface area (TPSA) is 9.23 Å². The van der Waals surface area contributed by atoms with Crippen molar-refractivity contribution in [2.45, 2.75) is 19.8 Å². The summed E-state index contributed by atoms with van der Waals surface area (Å²) in [5.41, 5.74) is 0. The van der Waals surface area contributed by atoms with Gasteiger partial charge in [-0.15, -0.1) is 0 Å². The summed E-state index contributed by atoms with van der Waals surface area (Å²) in [6.07, 6.45) is 2.42. The predicted molar refractivity (Wildman–Crippen MR) is 26.6 cm³/mol. The van der Waals surface area contributed by atoms with Crippen molar-refractivity contribution in [2.24, 2.45) is 0 Å². The van der Waals surface area contributed by atoms with Crippen LogP contribution in [0, 0.1) is 0 Å². The van der Waals surface area contributed by atoms with Gasteiger partial charge in [0.25, 0.3) is 0 Å². The van der Waals surface area contributed by atoms with Crippen LogP contribution in [-0.4, -0.2) is 23.5 Å². The fourth-order valence-electron chi connectivity index (χ4n) is 0.217. The Balaban J connectivity index is 2.34. The molecule has 0 atom stereocenters. The molecule has 35 valence electrons. The van der Waals surface area contributed by atoms with Crippen LogP contribution in [0.5, 0.6) is 0 Å². The molecular formula is C4H9GeO. The van der Waals surface area contributed by atoms with E-state index in [4.69, 9.17) is 3.76 Å². The Hall–Kier alpha value is 0.503. The van der Waals surface area contributed by atoms with E-state index in [2.05, 4.69) is 6.92 Å². The first-order valence-corrected chi connectivity index (χ1v) is 3.06. The fraction of sp³-hybridized carbons (Fsp3) is 1.00. The summed E-state index contributed by atoms with van der Waals surface area (Å²) in [6.45, 7) is 3.07. The van der Waals surface area contributed by atoms with E-state index in [-0.39, 0.29) is 0 Å². The molecule has 0 spiro atoms. The first-order chi connectivity index (χ1) is 2.91. The summed E-state index contributed by atoms with van der Waals surface area (Å²) in [6, 6.07) is 0. The van der Waals surface area contributed by atoms with Crippen LogP contribution >= 0.6 is 0 Å². The van der Waals surface area contributed by atoms with E-state index >= 15 is 0 Å². The summed E-state index contributed by atoms with van der Waals surface area (Å²) in [4.78, 5) is 0. The van der Waals surface area contributed by atoms with Crippen molar-refractivity contribution in [3.63, 3.8) is 0 Å². The minimum absolute atomic E-state index is 0.913. The molecule has 0 saturated carbocycles. The van der Waals surface area contributed by atoms with Gasteiger partial charge in [0.1, 0.15) is 0 Å². The van der Waals surface area contributed by atoms with Crippen molar-refractivity contribution >= 4 is 16.9 Å². The van der Waals surface area contributed by atoms with Gasteiger partial charge in [0, 0.05) is 0 Å². The molecule has 0 aromatic carbocycles. The molecule has 0 aromatic heterocycles. The molecule has 3 radical (unpaired) electrons. The van der Waals surface area contributed by atoms with Crippen molar-refractivity contribution in [2.75, 3.05) is 6.61 Å². The number of hydrogen-bond acceptors (Lipinski definition) is 1. The van der Waals surface area contributed by atoms with Gasteiger partial charge in [0.2, 0.25) is 0 Å². The number of hydrogen-bond donors (Lipinski definition) is 0. The van der Waals surface area contributed by atoms with Gasteiger partial charge in [-0.25, -0.2) is 0 Å². The Kier molecular flexibility index (Phi) is 5.96. The van der Waals surface area contributed by atoms with Gasteiger partial charge in [-0.3, -0.25) is 0 Å². The Morgan fingerprint density at radius 3 is 2.50 bits per heavy atom. The zero-order valence-electron chi connectivity index (χ0n) is 4.03. The van der Waals surface area contributed by atoms with Gasteiger partial charge in [0.05, 0.1) is 0 Å². The van der Waals surface area contributed by atoms with E-state index in [0.717, 1.165) is 6.61 Å². The van der Waals surface area contributed by atoms with Gasteiger partial charge >= 0.3 is 47.0 Å². The van der Waals surface area contributed by atoms with Crippen LogP contribution in [0.3, 0.4) is 0 Å². The Morgan fingerprint density at radius 2 is 2.33 bits per heavy atom. The standard InChI is InChI=1S/C4H9GeO/c1-2-3-4-6-5/h2-4H2,1H3. The summed E-state index contributed by atoms with van der Waals surface area (Å²) >= 11 is 1.73. The zero-order chi connectivity index (χ0) is 4.83. The quantitative estimate of drug-likeness (QED) is 0.424. The molecule has 0 bridgehead atoms. The van der Waals surface area contributed by atoms with Gasteiger partial charge in [-0.2, -0.15) is 0 Å². The second-order valence-electron chi connectivity index (χ2n) is 1.20. The molecule has 0 aliphatic carbocycles. The van der Waals surface area contributed by atoms with Crippen molar-refractivity contribution in [1.29, 1.82) is 0 Å². The molecule has 2 heteroatoms. The summed E-state index contributed by atoms with van der Waals surface area (Å²) < 4.78 is 4.78. The molecular weight excluding hydrogens is 137 g/mol. The van der Waals surface area contributed by atoms with Crippen LogP contribution in [0.15, 0.2) is 0 Å². The first kappa shape index (κ1) is 6.50. The Morgan fingerprint density at radius 1 is 1.67 bits per heavy atom. The maximum atomic E-state index is 4.78. The molecule has 0 aromatic rings. The third-order valence-electron chi connectivity index (χ3n) is 0.600. The molecule has 0 aliphatic rings. The van der Waals surface area contributed by atoms with Crippen LogP contribution in [0.25, 0.3) is 0 Å². The van der Waals surface area contributed by atoms with Gasteiger partial charge < -0.3 is 0 Å². The van der Waals surface area contributed by atoms with Crippen LogP contribution in [-0.2, 0) is 3.76 Å². The van der Waals surface area contributed by atoms with Crippen molar-refractivity contribution in [1.82, 2.24) is 0 Å². The van der Waals surface area contributed by atoms with E-state index in [1.807, 2.05) is 0 Å². The van der Waals surface area contributed by atoms with Crippen molar-refractivity contribution in [3.8, 4) is 0 Å². The van der Waals surface area contributed by atoms with E-state index < -0.39 is 0 Å². The van der Waals surface area contributed by atoms with E-state index in [1.54, 1.807) is 16.9 Å². The van der Waals surface area contributed by atoms with E-state index in [0.29, 0.717) is 0 Å². The van der Waals surface area contributed by atoms with Gasteiger partial charge in [0.15, 0.2) is 0 Å². The van der Waals surface area contributed by atoms with Crippen LogP contribution in [0.1, 0.15) is 19.8 Å². The van der Waals surface area contributed by atoms with Crippen LogP contribution < -0.4 is 0 Å². The van der Waals surface area contributed by atoms with Gasteiger partial charge in [-0.05, 0) is 0 Å². The van der Waals surface area contributed by atoms with Crippen LogP contribution in [0.4, 0.5) is 0 Å². The first-order valence-electron chi connectivity index (χ1n) is 2.20. The van der Waals surface area contributed by atoms with E-state index in [1.165, 1.54) is 12.8 Å². The molecule has 1 nitrogen and oxygen atoms in total. The zero-order valence-corrected chi connectivity index (χ0v) is 6.13. The Bertz CT molecular complexity index is 19.5. The molecule has 0 saturated heterocycles. The number of rotatable bonds is 3. The van der Waals surface area contributed by atoms with Crippen molar-refractivity contribution < 1.29 is 3.76 Å². The average Bonchev–Trinajstić information content (AvgIpc) is 1.61. The Labute approximate surface area is 47.6 Å². The monoisotopic (exact) mass is 147 g/mol. The fourth-order valence-corrected chi connectivity index (χ4v) is 0.519. The molecule has 0 aliphatic heterocycles. The second-order valence-corrected chi connectivity index (χ2v) is 1.81.